The van der Waals surface area contributed by atoms with Gasteiger partial charge >= 0.3 is 5.97 Å². The number of esters is 1. The number of ether oxygens (including phenoxy) is 1. The maximum absolute atomic E-state index is 12.2. The highest BCUT2D eigenvalue weighted by atomic mass is 32.2. The van der Waals surface area contributed by atoms with Gasteiger partial charge < -0.3 is 9.64 Å². The van der Waals surface area contributed by atoms with Crippen LogP contribution in [0.15, 0.2) is 18.2 Å². The third kappa shape index (κ3) is 4.12. The first-order valence-electron chi connectivity index (χ1n) is 8.26. The van der Waals surface area contributed by atoms with Crippen LogP contribution < -0.4 is 4.31 Å². The number of nitrogens with zero attached hydrogens (tertiary/aromatic N) is 2. The van der Waals surface area contributed by atoms with E-state index in [0.717, 1.165) is 5.56 Å². The van der Waals surface area contributed by atoms with Crippen molar-refractivity contribution in [1.29, 1.82) is 0 Å². The van der Waals surface area contributed by atoms with Gasteiger partial charge in [0.05, 0.1) is 17.5 Å². The molecule has 0 aliphatic carbocycles. The Balaban J connectivity index is 2.12. The predicted molar refractivity (Wildman–Crippen MR) is 95.1 cm³/mol. The van der Waals surface area contributed by atoms with Gasteiger partial charge in [-0.3, -0.25) is 9.10 Å². The highest BCUT2D eigenvalue weighted by Crippen LogP contribution is 2.34. The number of fused-ring (bicyclic) bond motifs is 1. The Morgan fingerprint density at radius 2 is 1.92 bits per heavy atom. The molecule has 1 heterocycles. The first kappa shape index (κ1) is 19.2. The van der Waals surface area contributed by atoms with Crippen LogP contribution in [0.25, 0.3) is 0 Å². The van der Waals surface area contributed by atoms with E-state index in [0.29, 0.717) is 30.8 Å². The van der Waals surface area contributed by atoms with Crippen LogP contribution in [0.4, 0.5) is 5.69 Å². The third-order valence-corrected chi connectivity index (χ3v) is 5.54. The van der Waals surface area contributed by atoms with Crippen molar-refractivity contribution in [1.82, 2.24) is 4.90 Å². The fourth-order valence-electron chi connectivity index (χ4n) is 3.11. The van der Waals surface area contributed by atoms with Gasteiger partial charge in [0.2, 0.25) is 10.0 Å². The molecule has 0 bridgehead atoms. The van der Waals surface area contributed by atoms with Crippen LogP contribution in [0.3, 0.4) is 0 Å². The van der Waals surface area contributed by atoms with Crippen molar-refractivity contribution in [3.63, 3.8) is 0 Å². The molecule has 0 saturated heterocycles. The third-order valence-electron chi connectivity index (χ3n) is 4.27. The van der Waals surface area contributed by atoms with E-state index in [-0.39, 0.29) is 18.6 Å². The largest absolute Gasteiger partial charge is 0.452 e. The molecule has 1 atom stereocenters. The highest BCUT2D eigenvalue weighted by molar-refractivity contribution is 7.92. The number of hydrogen-bond donors (Lipinski definition) is 0. The molecule has 1 aromatic rings. The molecule has 0 N–H and O–H groups in total. The molecule has 0 saturated carbocycles. The second-order valence-corrected chi connectivity index (χ2v) is 7.96. The van der Waals surface area contributed by atoms with Gasteiger partial charge in [-0.05, 0) is 51.0 Å². The zero-order valence-corrected chi connectivity index (χ0v) is 15.8. The summed E-state index contributed by atoms with van der Waals surface area (Å²) in [6.45, 7) is 6.36. The number of hydrogen-bond acceptors (Lipinski definition) is 5. The molecule has 0 spiro atoms. The van der Waals surface area contributed by atoms with Gasteiger partial charge in [0, 0.05) is 19.1 Å². The Morgan fingerprint density at radius 3 is 2.48 bits per heavy atom. The van der Waals surface area contributed by atoms with Gasteiger partial charge in [-0.1, -0.05) is 0 Å². The van der Waals surface area contributed by atoms with Crippen LogP contribution in [0, 0.1) is 0 Å². The summed E-state index contributed by atoms with van der Waals surface area (Å²) in [5, 5.41) is 0. The van der Waals surface area contributed by atoms with Crippen molar-refractivity contribution in [2.45, 2.75) is 33.2 Å². The Morgan fingerprint density at radius 1 is 1.28 bits per heavy atom. The summed E-state index contributed by atoms with van der Waals surface area (Å²) in [5.74, 6) is -0.829. The molecule has 0 fully saturated rings. The van der Waals surface area contributed by atoms with Crippen molar-refractivity contribution in [2.24, 2.45) is 0 Å². The lowest BCUT2D eigenvalue weighted by atomic mass is 10.1. The maximum Gasteiger partial charge on any atom is 0.338 e. The van der Waals surface area contributed by atoms with Crippen molar-refractivity contribution >= 4 is 27.6 Å². The SMILES string of the molecule is CCN(CC)C(=O)COC(=O)c1ccc2c(c1)C[C@@H](C)N2S(C)(=O)=O. The van der Waals surface area contributed by atoms with Crippen molar-refractivity contribution in [3.8, 4) is 0 Å². The zero-order valence-electron chi connectivity index (χ0n) is 15.0. The Kier molecular flexibility index (Phi) is 5.72. The fraction of sp³-hybridized carbons (Fsp3) is 0.529. The second kappa shape index (κ2) is 7.43. The normalized spacial score (nSPS) is 16.5. The monoisotopic (exact) mass is 368 g/mol. The molecule has 7 nitrogen and oxygen atoms in total. The first-order chi connectivity index (χ1) is 11.7. The van der Waals surface area contributed by atoms with Crippen LogP contribution >= 0.6 is 0 Å². The first-order valence-corrected chi connectivity index (χ1v) is 10.1. The topological polar surface area (TPSA) is 84.0 Å². The summed E-state index contributed by atoms with van der Waals surface area (Å²) >= 11 is 0. The molecular formula is C17H24N2O5S. The van der Waals surface area contributed by atoms with Gasteiger partial charge in [-0.2, -0.15) is 0 Å². The molecule has 1 aliphatic rings. The molecule has 0 radical (unpaired) electrons. The molecular weight excluding hydrogens is 344 g/mol. The number of carbonyl (C=O) groups is 2. The van der Waals surface area contributed by atoms with E-state index in [1.165, 1.54) is 16.6 Å². The van der Waals surface area contributed by atoms with Crippen LogP contribution in [0.1, 0.15) is 36.7 Å². The van der Waals surface area contributed by atoms with Crippen LogP contribution in [0.5, 0.6) is 0 Å². The van der Waals surface area contributed by atoms with Gasteiger partial charge in [-0.15, -0.1) is 0 Å². The van der Waals surface area contributed by atoms with E-state index in [1.807, 2.05) is 20.8 Å². The minimum atomic E-state index is -3.37. The lowest BCUT2D eigenvalue weighted by Gasteiger charge is -2.22. The predicted octanol–water partition coefficient (Wildman–Crippen LogP) is 1.42. The smallest absolute Gasteiger partial charge is 0.338 e. The van der Waals surface area contributed by atoms with Crippen LogP contribution in [-0.4, -0.2) is 57.2 Å². The van der Waals surface area contributed by atoms with Crippen molar-refractivity contribution < 1.29 is 22.7 Å². The minimum Gasteiger partial charge on any atom is -0.452 e. The maximum atomic E-state index is 12.2. The zero-order chi connectivity index (χ0) is 18.8. The van der Waals surface area contributed by atoms with E-state index in [9.17, 15) is 18.0 Å². The van der Waals surface area contributed by atoms with E-state index in [2.05, 4.69) is 0 Å². The van der Waals surface area contributed by atoms with Crippen molar-refractivity contribution in [2.75, 3.05) is 30.3 Å². The van der Waals surface area contributed by atoms with Crippen molar-refractivity contribution in [3.05, 3.63) is 29.3 Å². The quantitative estimate of drug-likeness (QED) is 0.709. The summed E-state index contributed by atoms with van der Waals surface area (Å²) in [5.41, 5.74) is 1.68. The summed E-state index contributed by atoms with van der Waals surface area (Å²) in [6, 6.07) is 4.59. The number of sulfonamides is 1. The highest BCUT2D eigenvalue weighted by Gasteiger charge is 2.33. The molecule has 138 valence electrons. The minimum absolute atomic E-state index is 0.194. The number of rotatable bonds is 6. The molecule has 1 aliphatic heterocycles. The Bertz CT molecular complexity index is 771. The number of anilines is 1. The molecule has 0 unspecified atom stereocenters. The van der Waals surface area contributed by atoms with Gasteiger partial charge in [0.15, 0.2) is 6.61 Å². The Hall–Kier alpha value is -2.09. The number of benzene rings is 1. The van der Waals surface area contributed by atoms with E-state index in [4.69, 9.17) is 4.74 Å². The summed E-state index contributed by atoms with van der Waals surface area (Å²) in [6.07, 6.45) is 1.70. The van der Waals surface area contributed by atoms with E-state index < -0.39 is 16.0 Å². The molecule has 1 amide bonds. The number of carbonyl (C=O) groups excluding carboxylic acids is 2. The van der Waals surface area contributed by atoms with E-state index in [1.54, 1.807) is 17.0 Å². The number of likely N-dealkylation sites (N-methyl/N-ethyl adjacent to an activating group) is 1. The van der Waals surface area contributed by atoms with Gasteiger partial charge in [0.25, 0.3) is 5.91 Å². The fourth-order valence-corrected chi connectivity index (χ4v) is 4.38. The molecule has 25 heavy (non-hydrogen) atoms. The lowest BCUT2D eigenvalue weighted by Crippen LogP contribution is -2.34. The average Bonchev–Trinajstić information content (AvgIpc) is 2.88. The second-order valence-electron chi connectivity index (χ2n) is 6.10. The lowest BCUT2D eigenvalue weighted by molar-refractivity contribution is -0.134. The van der Waals surface area contributed by atoms with Gasteiger partial charge in [-0.25, -0.2) is 13.2 Å². The van der Waals surface area contributed by atoms with Crippen LogP contribution in [0.2, 0.25) is 0 Å². The Labute approximate surface area is 148 Å². The molecule has 0 aromatic heterocycles. The number of amides is 1. The van der Waals surface area contributed by atoms with Gasteiger partial charge in [0.1, 0.15) is 0 Å². The molecule has 1 aromatic carbocycles. The molecule has 2 rings (SSSR count). The molecule has 8 heteroatoms. The summed E-state index contributed by atoms with van der Waals surface area (Å²) in [4.78, 5) is 25.7. The van der Waals surface area contributed by atoms with E-state index >= 15 is 0 Å². The summed E-state index contributed by atoms with van der Waals surface area (Å²) < 4.78 is 30.3. The average molecular weight is 368 g/mol. The standard InChI is InChI=1S/C17H24N2O5S/c1-5-18(6-2)16(20)11-24-17(21)13-7-8-15-14(10-13)9-12(3)19(15)25(4,22)23/h7-8,10,12H,5-6,9,11H2,1-4H3/t12-/m1/s1. The van der Waals surface area contributed by atoms with Crippen LogP contribution in [-0.2, 0) is 26.0 Å². The summed E-state index contributed by atoms with van der Waals surface area (Å²) in [7, 11) is -3.37.